The van der Waals surface area contributed by atoms with E-state index in [1.54, 1.807) is 0 Å². The first-order valence-corrected chi connectivity index (χ1v) is 6.67. The summed E-state index contributed by atoms with van der Waals surface area (Å²) in [7, 11) is 0. The zero-order chi connectivity index (χ0) is 13.1. The second kappa shape index (κ2) is 5.72. The van der Waals surface area contributed by atoms with Gasteiger partial charge in [-0.05, 0) is 50.0 Å². The standard InChI is InChI=1S/C14H18ClNO2/c1-10-4-5-11(8-12(10)15)13(9-14(17)18)16-6-2-3-7-16/h4-5,8,13H,2-3,6-7,9H2,1H3,(H,17,18). The van der Waals surface area contributed by atoms with E-state index >= 15 is 0 Å². The van der Waals surface area contributed by atoms with Gasteiger partial charge in [-0.15, -0.1) is 0 Å². The van der Waals surface area contributed by atoms with Crippen LogP contribution in [0.4, 0.5) is 0 Å². The van der Waals surface area contributed by atoms with Gasteiger partial charge >= 0.3 is 5.97 Å². The summed E-state index contributed by atoms with van der Waals surface area (Å²) in [6, 6.07) is 5.81. The molecule has 0 amide bonds. The Balaban J connectivity index is 2.26. The first-order valence-electron chi connectivity index (χ1n) is 6.30. The maximum atomic E-state index is 11.0. The van der Waals surface area contributed by atoms with Gasteiger partial charge in [0, 0.05) is 11.1 Å². The SMILES string of the molecule is Cc1ccc(C(CC(=O)O)N2CCCC2)cc1Cl. The van der Waals surface area contributed by atoms with Gasteiger partial charge in [0.05, 0.1) is 6.42 Å². The van der Waals surface area contributed by atoms with E-state index in [1.165, 1.54) is 0 Å². The quantitative estimate of drug-likeness (QED) is 0.910. The molecule has 1 N–H and O–H groups in total. The highest BCUT2D eigenvalue weighted by molar-refractivity contribution is 6.31. The Labute approximate surface area is 112 Å². The van der Waals surface area contributed by atoms with Crippen molar-refractivity contribution < 1.29 is 9.90 Å². The van der Waals surface area contributed by atoms with Crippen molar-refractivity contribution in [2.75, 3.05) is 13.1 Å². The molecule has 0 radical (unpaired) electrons. The molecule has 3 nitrogen and oxygen atoms in total. The third-order valence-electron chi connectivity index (χ3n) is 3.53. The first-order chi connectivity index (χ1) is 8.58. The highest BCUT2D eigenvalue weighted by Gasteiger charge is 2.25. The molecule has 1 saturated heterocycles. The smallest absolute Gasteiger partial charge is 0.305 e. The Morgan fingerprint density at radius 3 is 2.67 bits per heavy atom. The van der Waals surface area contributed by atoms with Crippen molar-refractivity contribution in [1.29, 1.82) is 0 Å². The van der Waals surface area contributed by atoms with Crippen molar-refractivity contribution in [2.45, 2.75) is 32.2 Å². The van der Waals surface area contributed by atoms with Gasteiger partial charge in [-0.1, -0.05) is 23.7 Å². The van der Waals surface area contributed by atoms with Gasteiger partial charge in [-0.25, -0.2) is 0 Å². The van der Waals surface area contributed by atoms with Crippen molar-refractivity contribution >= 4 is 17.6 Å². The molecule has 1 unspecified atom stereocenters. The van der Waals surface area contributed by atoms with E-state index in [2.05, 4.69) is 4.90 Å². The number of hydrogen-bond acceptors (Lipinski definition) is 2. The lowest BCUT2D eigenvalue weighted by Crippen LogP contribution is -2.27. The normalized spacial score (nSPS) is 17.9. The molecule has 1 aliphatic rings. The summed E-state index contributed by atoms with van der Waals surface area (Å²) in [6.07, 6.45) is 2.44. The van der Waals surface area contributed by atoms with Crippen LogP contribution in [0.1, 0.15) is 36.4 Å². The van der Waals surface area contributed by atoms with Crippen LogP contribution in [0.5, 0.6) is 0 Å². The minimum absolute atomic E-state index is 0.0527. The van der Waals surface area contributed by atoms with Gasteiger partial charge in [0.25, 0.3) is 0 Å². The summed E-state index contributed by atoms with van der Waals surface area (Å²) >= 11 is 6.14. The number of carboxylic acids is 1. The predicted octanol–water partition coefficient (Wildman–Crippen LogP) is 3.26. The Morgan fingerprint density at radius 2 is 2.11 bits per heavy atom. The lowest BCUT2D eigenvalue weighted by atomic mass is 10.0. The molecule has 18 heavy (non-hydrogen) atoms. The first kappa shape index (κ1) is 13.4. The minimum atomic E-state index is -0.761. The maximum Gasteiger partial charge on any atom is 0.305 e. The van der Waals surface area contributed by atoms with Gasteiger partial charge in [-0.3, -0.25) is 9.69 Å². The molecule has 0 saturated carbocycles. The van der Waals surface area contributed by atoms with Gasteiger partial charge in [0.15, 0.2) is 0 Å². The number of nitrogens with zero attached hydrogens (tertiary/aromatic N) is 1. The lowest BCUT2D eigenvalue weighted by molar-refractivity contribution is -0.138. The highest BCUT2D eigenvalue weighted by Crippen LogP contribution is 2.30. The number of aryl methyl sites for hydroxylation is 1. The van der Waals surface area contributed by atoms with Gasteiger partial charge in [0.1, 0.15) is 0 Å². The molecule has 0 aliphatic carbocycles. The van der Waals surface area contributed by atoms with Gasteiger partial charge < -0.3 is 5.11 Å². The zero-order valence-corrected chi connectivity index (χ0v) is 11.3. The fourth-order valence-corrected chi connectivity index (χ4v) is 2.68. The van der Waals surface area contributed by atoms with E-state index < -0.39 is 5.97 Å². The molecule has 1 aromatic carbocycles. The van der Waals surface area contributed by atoms with Crippen LogP contribution in [-0.4, -0.2) is 29.1 Å². The number of hydrogen-bond donors (Lipinski definition) is 1. The average molecular weight is 268 g/mol. The zero-order valence-electron chi connectivity index (χ0n) is 10.5. The number of benzene rings is 1. The van der Waals surface area contributed by atoms with Crippen molar-refractivity contribution in [1.82, 2.24) is 4.90 Å². The summed E-state index contributed by atoms with van der Waals surface area (Å²) in [6.45, 7) is 3.90. The molecule has 1 aromatic rings. The van der Waals surface area contributed by atoms with Gasteiger partial charge in [-0.2, -0.15) is 0 Å². The topological polar surface area (TPSA) is 40.5 Å². The fraction of sp³-hybridized carbons (Fsp3) is 0.500. The van der Waals surface area contributed by atoms with E-state index in [-0.39, 0.29) is 12.5 Å². The largest absolute Gasteiger partial charge is 0.481 e. The van der Waals surface area contributed by atoms with Gasteiger partial charge in [0.2, 0.25) is 0 Å². The molecule has 4 heteroatoms. The van der Waals surface area contributed by atoms with Crippen molar-refractivity contribution in [3.8, 4) is 0 Å². The Hall–Kier alpha value is -1.06. The molecule has 98 valence electrons. The van der Waals surface area contributed by atoms with Crippen LogP contribution >= 0.6 is 11.6 Å². The number of rotatable bonds is 4. The van der Waals surface area contributed by atoms with E-state index in [0.29, 0.717) is 5.02 Å². The molecular weight excluding hydrogens is 250 g/mol. The second-order valence-electron chi connectivity index (χ2n) is 4.87. The summed E-state index contributed by atoms with van der Waals surface area (Å²) in [5, 5.41) is 9.78. The van der Waals surface area contributed by atoms with E-state index in [9.17, 15) is 4.79 Å². The molecular formula is C14H18ClNO2. The molecule has 1 aliphatic heterocycles. The summed E-state index contributed by atoms with van der Waals surface area (Å²) < 4.78 is 0. The van der Waals surface area contributed by atoms with Crippen molar-refractivity contribution in [3.63, 3.8) is 0 Å². The van der Waals surface area contributed by atoms with Crippen LogP contribution in [0.3, 0.4) is 0 Å². The molecule has 0 spiro atoms. The molecule has 1 fully saturated rings. The van der Waals surface area contributed by atoms with E-state index in [4.69, 9.17) is 16.7 Å². The fourth-order valence-electron chi connectivity index (χ4n) is 2.49. The van der Waals surface area contributed by atoms with Crippen molar-refractivity contribution in [3.05, 3.63) is 34.3 Å². The van der Waals surface area contributed by atoms with Crippen LogP contribution in [0.2, 0.25) is 5.02 Å². The third kappa shape index (κ3) is 3.03. The monoisotopic (exact) mass is 267 g/mol. The Morgan fingerprint density at radius 1 is 1.44 bits per heavy atom. The second-order valence-corrected chi connectivity index (χ2v) is 5.27. The number of aliphatic carboxylic acids is 1. The third-order valence-corrected chi connectivity index (χ3v) is 3.94. The molecule has 2 rings (SSSR count). The summed E-state index contributed by atoms with van der Waals surface area (Å²) in [4.78, 5) is 13.3. The highest BCUT2D eigenvalue weighted by atomic mass is 35.5. The molecule has 1 atom stereocenters. The van der Waals surface area contributed by atoms with Crippen LogP contribution in [0.25, 0.3) is 0 Å². The molecule has 1 heterocycles. The van der Waals surface area contributed by atoms with E-state index in [1.807, 2.05) is 25.1 Å². The number of carboxylic acid groups (broad SMARTS) is 1. The van der Waals surface area contributed by atoms with Crippen LogP contribution in [0.15, 0.2) is 18.2 Å². The number of likely N-dealkylation sites (tertiary alicyclic amines) is 1. The van der Waals surface area contributed by atoms with Crippen molar-refractivity contribution in [2.24, 2.45) is 0 Å². The lowest BCUT2D eigenvalue weighted by Gasteiger charge is -2.27. The van der Waals surface area contributed by atoms with Crippen LogP contribution in [0, 0.1) is 6.92 Å². The summed E-state index contributed by atoms with van der Waals surface area (Å²) in [5.41, 5.74) is 2.03. The Bertz CT molecular complexity index is 441. The molecule has 0 aromatic heterocycles. The van der Waals surface area contributed by atoms with Crippen LogP contribution < -0.4 is 0 Å². The predicted molar refractivity (Wildman–Crippen MR) is 72.0 cm³/mol. The Kier molecular flexibility index (Phi) is 4.25. The summed E-state index contributed by atoms with van der Waals surface area (Å²) in [5.74, 6) is -0.761. The number of halogens is 1. The van der Waals surface area contributed by atoms with E-state index in [0.717, 1.165) is 37.1 Å². The maximum absolute atomic E-state index is 11.0. The average Bonchev–Trinajstić information content (AvgIpc) is 2.83. The van der Waals surface area contributed by atoms with Crippen LogP contribution in [-0.2, 0) is 4.79 Å². The molecule has 0 bridgehead atoms. The minimum Gasteiger partial charge on any atom is -0.481 e. The number of carbonyl (C=O) groups is 1.